The number of rotatable bonds is 4. The summed E-state index contributed by atoms with van der Waals surface area (Å²) < 4.78 is 24.5. The number of benzene rings is 1. The van der Waals surface area contributed by atoms with Gasteiger partial charge in [0.1, 0.15) is 0 Å². The first kappa shape index (κ1) is 14.0. The average Bonchev–Trinajstić information content (AvgIpc) is 2.39. The predicted octanol–water partition coefficient (Wildman–Crippen LogP) is 1.05. The van der Waals surface area contributed by atoms with Gasteiger partial charge >= 0.3 is 5.97 Å². The van der Waals surface area contributed by atoms with Gasteiger partial charge in [0.25, 0.3) is 0 Å². The van der Waals surface area contributed by atoms with E-state index in [4.69, 9.17) is 5.11 Å². The first-order valence-electron chi connectivity index (χ1n) is 6.23. The fourth-order valence-corrected chi connectivity index (χ4v) is 4.13. The summed E-state index contributed by atoms with van der Waals surface area (Å²) in [4.78, 5) is 10.9. The van der Waals surface area contributed by atoms with Gasteiger partial charge in [-0.15, -0.1) is 0 Å². The Bertz CT molecular complexity index is 562. The zero-order chi connectivity index (χ0) is 13.9. The second-order valence-corrected chi connectivity index (χ2v) is 7.04. The van der Waals surface area contributed by atoms with E-state index in [9.17, 15) is 13.2 Å². The first-order chi connectivity index (χ1) is 8.99. The van der Waals surface area contributed by atoms with Crippen molar-refractivity contribution in [3.8, 4) is 0 Å². The highest BCUT2D eigenvalue weighted by atomic mass is 32.2. The molecule has 1 saturated heterocycles. The van der Waals surface area contributed by atoms with E-state index < -0.39 is 15.8 Å². The summed E-state index contributed by atoms with van der Waals surface area (Å²) in [6.07, 6.45) is 1.25. The molecule has 6 heteroatoms. The van der Waals surface area contributed by atoms with Crippen molar-refractivity contribution in [2.24, 2.45) is 0 Å². The zero-order valence-electron chi connectivity index (χ0n) is 10.5. The maximum absolute atomic E-state index is 12.3. The van der Waals surface area contributed by atoms with Gasteiger partial charge in [-0.3, -0.25) is 0 Å². The van der Waals surface area contributed by atoms with Crippen LogP contribution in [0.5, 0.6) is 0 Å². The standard InChI is InChI=1S/C13H17NO4S/c15-13(16)11-3-1-2-10(8-11)9-19(17,18)12-4-6-14-7-5-12/h1-3,8,12,14H,4-7,9H2,(H,15,16). The van der Waals surface area contributed by atoms with Crippen LogP contribution in [-0.2, 0) is 15.6 Å². The van der Waals surface area contributed by atoms with Crippen molar-refractivity contribution >= 4 is 15.8 Å². The summed E-state index contributed by atoms with van der Waals surface area (Å²) in [5, 5.41) is 11.7. The Labute approximate surface area is 112 Å². The monoisotopic (exact) mass is 283 g/mol. The smallest absolute Gasteiger partial charge is 0.335 e. The van der Waals surface area contributed by atoms with E-state index in [0.29, 0.717) is 18.4 Å². The molecular formula is C13H17NO4S. The lowest BCUT2D eigenvalue weighted by Gasteiger charge is -2.22. The van der Waals surface area contributed by atoms with Gasteiger partial charge in [-0.25, -0.2) is 13.2 Å². The van der Waals surface area contributed by atoms with Gasteiger partial charge in [0.2, 0.25) is 0 Å². The van der Waals surface area contributed by atoms with E-state index in [0.717, 1.165) is 13.1 Å². The molecule has 1 fully saturated rings. The molecule has 0 saturated carbocycles. The number of piperidine rings is 1. The summed E-state index contributed by atoms with van der Waals surface area (Å²) in [7, 11) is -3.21. The van der Waals surface area contributed by atoms with Crippen LogP contribution in [0, 0.1) is 0 Å². The first-order valence-corrected chi connectivity index (χ1v) is 7.95. The fourth-order valence-electron chi connectivity index (χ4n) is 2.30. The van der Waals surface area contributed by atoms with Crippen LogP contribution in [0.4, 0.5) is 0 Å². The van der Waals surface area contributed by atoms with Crippen LogP contribution in [0.2, 0.25) is 0 Å². The highest BCUT2D eigenvalue weighted by molar-refractivity contribution is 7.91. The molecule has 0 spiro atoms. The maximum Gasteiger partial charge on any atom is 0.335 e. The second-order valence-electron chi connectivity index (χ2n) is 4.76. The third-order valence-corrected chi connectivity index (χ3v) is 5.56. The van der Waals surface area contributed by atoms with E-state index in [1.165, 1.54) is 12.1 Å². The van der Waals surface area contributed by atoms with E-state index in [1.54, 1.807) is 12.1 Å². The van der Waals surface area contributed by atoms with Crippen molar-refractivity contribution in [3.63, 3.8) is 0 Å². The zero-order valence-corrected chi connectivity index (χ0v) is 11.3. The molecule has 1 aromatic carbocycles. The number of carboxylic acid groups (broad SMARTS) is 1. The van der Waals surface area contributed by atoms with Gasteiger partial charge in [0.05, 0.1) is 16.6 Å². The van der Waals surface area contributed by atoms with Crippen molar-refractivity contribution in [2.75, 3.05) is 13.1 Å². The normalized spacial score (nSPS) is 17.3. The minimum absolute atomic E-state index is 0.0845. The third-order valence-electron chi connectivity index (χ3n) is 3.34. The number of carbonyl (C=O) groups is 1. The van der Waals surface area contributed by atoms with Gasteiger partial charge in [-0.1, -0.05) is 12.1 Å². The Morgan fingerprint density at radius 1 is 1.32 bits per heavy atom. The number of sulfone groups is 1. The van der Waals surface area contributed by atoms with Crippen molar-refractivity contribution < 1.29 is 18.3 Å². The second kappa shape index (κ2) is 5.71. The van der Waals surface area contributed by atoms with Crippen molar-refractivity contribution in [2.45, 2.75) is 23.8 Å². The Balaban J connectivity index is 2.15. The Hall–Kier alpha value is -1.40. The van der Waals surface area contributed by atoms with Gasteiger partial charge < -0.3 is 10.4 Å². The highest BCUT2D eigenvalue weighted by Gasteiger charge is 2.27. The highest BCUT2D eigenvalue weighted by Crippen LogP contribution is 2.19. The number of hydrogen-bond acceptors (Lipinski definition) is 4. The largest absolute Gasteiger partial charge is 0.478 e. The van der Waals surface area contributed by atoms with E-state index >= 15 is 0 Å². The number of hydrogen-bond donors (Lipinski definition) is 2. The molecule has 0 unspecified atom stereocenters. The van der Waals surface area contributed by atoms with E-state index in [2.05, 4.69) is 5.32 Å². The third kappa shape index (κ3) is 3.54. The van der Waals surface area contributed by atoms with Crippen LogP contribution in [0.3, 0.4) is 0 Å². The van der Waals surface area contributed by atoms with Gasteiger partial charge in [0.15, 0.2) is 9.84 Å². The molecule has 0 aromatic heterocycles. The van der Waals surface area contributed by atoms with E-state index in [-0.39, 0.29) is 16.6 Å². The molecule has 1 aromatic rings. The molecule has 0 radical (unpaired) electrons. The SMILES string of the molecule is O=C(O)c1cccc(CS(=O)(=O)C2CCNCC2)c1. The van der Waals surface area contributed by atoms with E-state index in [1.807, 2.05) is 0 Å². The molecule has 2 N–H and O–H groups in total. The van der Waals surface area contributed by atoms with Gasteiger partial charge in [-0.2, -0.15) is 0 Å². The molecule has 1 aliphatic heterocycles. The summed E-state index contributed by atoms with van der Waals surface area (Å²) >= 11 is 0. The quantitative estimate of drug-likeness (QED) is 0.863. The molecular weight excluding hydrogens is 266 g/mol. The summed E-state index contributed by atoms with van der Waals surface area (Å²) in [5.41, 5.74) is 0.663. The minimum Gasteiger partial charge on any atom is -0.478 e. The molecule has 0 bridgehead atoms. The van der Waals surface area contributed by atoms with Crippen LogP contribution < -0.4 is 5.32 Å². The molecule has 2 rings (SSSR count). The maximum atomic E-state index is 12.3. The van der Waals surface area contributed by atoms with Crippen LogP contribution in [-0.4, -0.2) is 37.8 Å². The number of aromatic carboxylic acids is 1. The molecule has 1 aliphatic rings. The molecule has 0 amide bonds. The molecule has 1 heterocycles. The Morgan fingerprint density at radius 3 is 2.63 bits per heavy atom. The van der Waals surface area contributed by atoms with Crippen LogP contribution >= 0.6 is 0 Å². The molecule has 104 valence electrons. The Morgan fingerprint density at radius 2 is 2.00 bits per heavy atom. The van der Waals surface area contributed by atoms with Crippen LogP contribution in [0.15, 0.2) is 24.3 Å². The lowest BCUT2D eigenvalue weighted by molar-refractivity contribution is 0.0696. The average molecular weight is 283 g/mol. The molecule has 0 aliphatic carbocycles. The lowest BCUT2D eigenvalue weighted by atomic mass is 10.1. The van der Waals surface area contributed by atoms with Crippen LogP contribution in [0.25, 0.3) is 0 Å². The van der Waals surface area contributed by atoms with Crippen LogP contribution in [0.1, 0.15) is 28.8 Å². The molecule has 19 heavy (non-hydrogen) atoms. The molecule has 0 atom stereocenters. The predicted molar refractivity (Wildman–Crippen MR) is 71.9 cm³/mol. The summed E-state index contributed by atoms with van der Waals surface area (Å²) in [6, 6.07) is 6.13. The summed E-state index contributed by atoms with van der Waals surface area (Å²) in [6.45, 7) is 1.44. The number of carboxylic acids is 1. The van der Waals surface area contributed by atoms with Gasteiger partial charge in [-0.05, 0) is 43.6 Å². The fraction of sp³-hybridized carbons (Fsp3) is 0.462. The van der Waals surface area contributed by atoms with Crippen molar-refractivity contribution in [1.29, 1.82) is 0 Å². The van der Waals surface area contributed by atoms with Crippen molar-refractivity contribution in [1.82, 2.24) is 5.32 Å². The topological polar surface area (TPSA) is 83.5 Å². The van der Waals surface area contributed by atoms with Gasteiger partial charge in [0, 0.05) is 0 Å². The minimum atomic E-state index is -3.21. The molecule has 5 nitrogen and oxygen atoms in total. The summed E-state index contributed by atoms with van der Waals surface area (Å²) in [5.74, 6) is -1.13. The number of nitrogens with one attached hydrogen (secondary N) is 1. The Kier molecular flexibility index (Phi) is 4.21. The lowest BCUT2D eigenvalue weighted by Crippen LogP contribution is -2.36. The van der Waals surface area contributed by atoms with Crippen molar-refractivity contribution in [3.05, 3.63) is 35.4 Å².